The van der Waals surface area contributed by atoms with Crippen LogP contribution in [0.1, 0.15) is 42.3 Å². The monoisotopic (exact) mass is 352 g/mol. The van der Waals surface area contributed by atoms with Gasteiger partial charge in [-0.3, -0.25) is 9.59 Å². The second-order valence-electron chi connectivity index (χ2n) is 6.35. The van der Waals surface area contributed by atoms with Crippen LogP contribution in [0.2, 0.25) is 0 Å². The van der Waals surface area contributed by atoms with Gasteiger partial charge in [0.2, 0.25) is 11.7 Å². The number of nitrogens with zero attached hydrogens (tertiary/aromatic N) is 3. The van der Waals surface area contributed by atoms with E-state index >= 15 is 0 Å². The van der Waals surface area contributed by atoms with Gasteiger partial charge in [0.1, 0.15) is 11.7 Å². The Balaban J connectivity index is 1.66. The number of benzene rings is 1. The number of nitriles is 1. The van der Waals surface area contributed by atoms with Crippen LogP contribution in [0.5, 0.6) is 0 Å². The van der Waals surface area contributed by atoms with Gasteiger partial charge in [-0.2, -0.15) is 5.26 Å². The summed E-state index contributed by atoms with van der Waals surface area (Å²) in [5, 5.41) is 15.5. The molecular weight excluding hydrogens is 332 g/mol. The van der Waals surface area contributed by atoms with Crippen LogP contribution in [0.15, 0.2) is 34.9 Å². The van der Waals surface area contributed by atoms with Crippen molar-refractivity contribution in [2.75, 3.05) is 13.1 Å². The number of amides is 2. The van der Waals surface area contributed by atoms with Crippen LogP contribution in [0, 0.1) is 11.3 Å². The molecule has 7 nitrogen and oxygen atoms in total. The minimum atomic E-state index is -0.629. The first-order chi connectivity index (χ1) is 12.6. The molecule has 1 aromatic heterocycles. The molecule has 26 heavy (non-hydrogen) atoms. The summed E-state index contributed by atoms with van der Waals surface area (Å²) in [7, 11) is 0. The number of carbonyl (C=O) groups excluding carboxylic acids is 2. The molecule has 2 amide bonds. The maximum Gasteiger partial charge on any atom is 0.290 e. The molecular formula is C19H20N4O3. The molecule has 0 aliphatic carbocycles. The molecule has 134 valence electrons. The topological polar surface area (TPSA) is 99.2 Å². The van der Waals surface area contributed by atoms with Gasteiger partial charge in [0.15, 0.2) is 0 Å². The Morgan fingerprint density at radius 3 is 2.77 bits per heavy atom. The molecule has 1 N–H and O–H groups in total. The maximum absolute atomic E-state index is 12.4. The lowest BCUT2D eigenvalue weighted by molar-refractivity contribution is -0.133. The summed E-state index contributed by atoms with van der Waals surface area (Å²) in [5.41, 5.74) is 1.64. The fourth-order valence-electron chi connectivity index (χ4n) is 2.98. The minimum Gasteiger partial charge on any atom is -0.350 e. The lowest BCUT2D eigenvalue weighted by atomic mass is 10.1. The van der Waals surface area contributed by atoms with Gasteiger partial charge in [0.05, 0.1) is 11.6 Å². The molecule has 0 spiro atoms. The van der Waals surface area contributed by atoms with Gasteiger partial charge in [-0.05, 0) is 38.3 Å². The van der Waals surface area contributed by atoms with E-state index < -0.39 is 11.9 Å². The maximum atomic E-state index is 12.4. The van der Waals surface area contributed by atoms with E-state index in [0.29, 0.717) is 16.8 Å². The third-order valence-electron chi connectivity index (χ3n) is 4.41. The number of likely N-dealkylation sites (tertiary alicyclic amines) is 1. The minimum absolute atomic E-state index is 0.0284. The molecule has 7 heteroatoms. The van der Waals surface area contributed by atoms with E-state index in [-0.39, 0.29) is 11.7 Å². The second-order valence-corrected chi connectivity index (χ2v) is 6.35. The van der Waals surface area contributed by atoms with Crippen LogP contribution in [0.4, 0.5) is 0 Å². The number of nitrogens with one attached hydrogen (secondary N) is 1. The smallest absolute Gasteiger partial charge is 0.290 e. The molecule has 0 radical (unpaired) electrons. The van der Waals surface area contributed by atoms with E-state index in [9.17, 15) is 9.59 Å². The van der Waals surface area contributed by atoms with Gasteiger partial charge in [-0.15, -0.1) is 0 Å². The SMILES string of the molecule is C[C@H](NC(=O)c1cc(-c2cccc(C#N)c2)no1)C(=O)N1CCCCC1. The number of hydrogen-bond acceptors (Lipinski definition) is 5. The Hall–Kier alpha value is -3.14. The van der Waals surface area contributed by atoms with Crippen molar-refractivity contribution in [3.8, 4) is 17.3 Å². The highest BCUT2D eigenvalue weighted by molar-refractivity contribution is 5.96. The number of piperidine rings is 1. The zero-order chi connectivity index (χ0) is 18.5. The highest BCUT2D eigenvalue weighted by atomic mass is 16.5. The summed E-state index contributed by atoms with van der Waals surface area (Å²) in [4.78, 5) is 26.5. The molecule has 1 fully saturated rings. The van der Waals surface area contributed by atoms with Crippen LogP contribution >= 0.6 is 0 Å². The summed E-state index contributed by atoms with van der Waals surface area (Å²) in [6.45, 7) is 3.14. The zero-order valence-electron chi connectivity index (χ0n) is 14.6. The van der Waals surface area contributed by atoms with Gasteiger partial charge in [0, 0.05) is 24.7 Å². The molecule has 1 saturated heterocycles. The molecule has 1 aliphatic rings. The fraction of sp³-hybridized carbons (Fsp3) is 0.368. The first kappa shape index (κ1) is 17.7. The van der Waals surface area contributed by atoms with Gasteiger partial charge in [-0.25, -0.2) is 0 Å². The third-order valence-corrected chi connectivity index (χ3v) is 4.41. The van der Waals surface area contributed by atoms with Crippen molar-refractivity contribution in [2.45, 2.75) is 32.2 Å². The first-order valence-corrected chi connectivity index (χ1v) is 8.65. The number of aromatic nitrogens is 1. The number of hydrogen-bond donors (Lipinski definition) is 1. The Labute approximate surface area is 151 Å². The van der Waals surface area contributed by atoms with Crippen molar-refractivity contribution in [3.05, 3.63) is 41.7 Å². The zero-order valence-corrected chi connectivity index (χ0v) is 14.6. The average Bonchev–Trinajstić information content (AvgIpc) is 3.18. The summed E-state index contributed by atoms with van der Waals surface area (Å²) >= 11 is 0. The molecule has 1 aliphatic heterocycles. The molecule has 3 rings (SSSR count). The largest absolute Gasteiger partial charge is 0.350 e. The molecule has 0 unspecified atom stereocenters. The van der Waals surface area contributed by atoms with Gasteiger partial charge in [0.25, 0.3) is 5.91 Å². The van der Waals surface area contributed by atoms with Crippen LogP contribution in [-0.4, -0.2) is 41.0 Å². The number of rotatable bonds is 4. The summed E-state index contributed by atoms with van der Waals surface area (Å²) in [6.07, 6.45) is 3.14. The lowest BCUT2D eigenvalue weighted by Gasteiger charge is -2.29. The van der Waals surface area contributed by atoms with E-state index in [0.717, 1.165) is 32.4 Å². The molecule has 1 aromatic carbocycles. The number of carbonyl (C=O) groups is 2. The van der Waals surface area contributed by atoms with E-state index in [1.54, 1.807) is 36.1 Å². The van der Waals surface area contributed by atoms with Gasteiger partial charge >= 0.3 is 0 Å². The van der Waals surface area contributed by atoms with Crippen molar-refractivity contribution >= 4 is 11.8 Å². The van der Waals surface area contributed by atoms with E-state index in [1.165, 1.54) is 6.07 Å². The van der Waals surface area contributed by atoms with Crippen molar-refractivity contribution in [1.82, 2.24) is 15.4 Å². The molecule has 0 saturated carbocycles. The van der Waals surface area contributed by atoms with Crippen molar-refractivity contribution in [2.24, 2.45) is 0 Å². The predicted octanol–water partition coefficient (Wildman–Crippen LogP) is 2.34. The van der Waals surface area contributed by atoms with Crippen molar-refractivity contribution in [3.63, 3.8) is 0 Å². The van der Waals surface area contributed by atoms with Crippen LogP contribution in [-0.2, 0) is 4.79 Å². The normalized spacial score (nSPS) is 15.2. The van der Waals surface area contributed by atoms with Crippen molar-refractivity contribution in [1.29, 1.82) is 5.26 Å². The average molecular weight is 352 g/mol. The molecule has 2 heterocycles. The molecule has 2 aromatic rings. The quantitative estimate of drug-likeness (QED) is 0.910. The van der Waals surface area contributed by atoms with E-state index in [4.69, 9.17) is 9.78 Å². The summed E-state index contributed by atoms with van der Waals surface area (Å²) in [6, 6.07) is 9.80. The molecule has 1 atom stereocenters. The fourth-order valence-corrected chi connectivity index (χ4v) is 2.98. The standard InChI is InChI=1S/C19H20N4O3/c1-13(19(25)23-8-3-2-4-9-23)21-18(24)17-11-16(22-26-17)15-7-5-6-14(10-15)12-20/h5-7,10-11,13H,2-4,8-9H2,1H3,(H,21,24)/t13-/m0/s1. The van der Waals surface area contributed by atoms with E-state index in [2.05, 4.69) is 16.5 Å². The summed E-state index contributed by atoms with van der Waals surface area (Å²) in [5.74, 6) is -0.543. The van der Waals surface area contributed by atoms with Crippen LogP contribution in [0.3, 0.4) is 0 Å². The van der Waals surface area contributed by atoms with Gasteiger partial charge < -0.3 is 14.7 Å². The third kappa shape index (κ3) is 3.91. The second kappa shape index (κ2) is 7.83. The van der Waals surface area contributed by atoms with Crippen molar-refractivity contribution < 1.29 is 14.1 Å². The highest BCUT2D eigenvalue weighted by Gasteiger charge is 2.25. The lowest BCUT2D eigenvalue weighted by Crippen LogP contribution is -2.48. The van der Waals surface area contributed by atoms with Gasteiger partial charge in [-0.1, -0.05) is 17.3 Å². The Bertz CT molecular complexity index is 846. The van der Waals surface area contributed by atoms with E-state index in [1.807, 2.05) is 0 Å². The highest BCUT2D eigenvalue weighted by Crippen LogP contribution is 2.20. The Kier molecular flexibility index (Phi) is 5.32. The first-order valence-electron chi connectivity index (χ1n) is 8.65. The Morgan fingerprint density at radius 1 is 1.27 bits per heavy atom. The van der Waals surface area contributed by atoms with Crippen LogP contribution in [0.25, 0.3) is 11.3 Å². The Morgan fingerprint density at radius 2 is 2.04 bits per heavy atom. The van der Waals surface area contributed by atoms with Crippen LogP contribution < -0.4 is 5.32 Å². The summed E-state index contributed by atoms with van der Waals surface area (Å²) < 4.78 is 5.11. The molecule has 0 bridgehead atoms. The predicted molar refractivity (Wildman–Crippen MR) is 94.0 cm³/mol.